The van der Waals surface area contributed by atoms with Gasteiger partial charge in [0.05, 0.1) is 12.2 Å². The van der Waals surface area contributed by atoms with Crippen LogP contribution in [-0.4, -0.2) is 36.6 Å². The molecule has 1 saturated heterocycles. The van der Waals surface area contributed by atoms with Crippen molar-refractivity contribution < 1.29 is 23.9 Å². The number of imide groups is 2. The summed E-state index contributed by atoms with van der Waals surface area (Å²) in [5.74, 6) is -3.25. The monoisotopic (exact) mass is 337 g/mol. The highest BCUT2D eigenvalue weighted by Crippen LogP contribution is 2.32. The smallest absolute Gasteiger partial charge is 0.341 e. The first kappa shape index (κ1) is 16.8. The third-order valence-electron chi connectivity index (χ3n) is 2.99. The van der Waals surface area contributed by atoms with Gasteiger partial charge in [0.2, 0.25) is 11.8 Å². The maximum Gasteiger partial charge on any atom is 0.341 e. The van der Waals surface area contributed by atoms with E-state index < -0.39 is 29.7 Å². The van der Waals surface area contributed by atoms with Gasteiger partial charge in [-0.15, -0.1) is 11.3 Å². The summed E-state index contributed by atoms with van der Waals surface area (Å²) in [6.07, 6.45) is 1.83. The van der Waals surface area contributed by atoms with Crippen molar-refractivity contribution in [2.24, 2.45) is 10.9 Å². The Morgan fingerprint density at radius 2 is 1.96 bits per heavy atom. The molecule has 2 rings (SSSR count). The maximum atomic E-state index is 11.9. The minimum absolute atomic E-state index is 0.231. The molecule has 0 aliphatic carbocycles. The molecule has 0 aromatic carbocycles. The van der Waals surface area contributed by atoms with E-state index in [1.807, 2.05) is 17.6 Å². The molecule has 9 heteroatoms. The summed E-state index contributed by atoms with van der Waals surface area (Å²) >= 11 is 1.28. The lowest BCUT2D eigenvalue weighted by Crippen LogP contribution is -2.56. The molecule has 2 heterocycles. The Labute approximate surface area is 135 Å². The summed E-state index contributed by atoms with van der Waals surface area (Å²) in [6.45, 7) is 3.86. The number of barbiturate groups is 1. The van der Waals surface area contributed by atoms with Crippen molar-refractivity contribution in [2.75, 3.05) is 6.61 Å². The van der Waals surface area contributed by atoms with Gasteiger partial charge >= 0.3 is 12.0 Å². The molecular weight excluding hydrogens is 322 g/mol. The number of urea groups is 1. The topological polar surface area (TPSA) is 114 Å². The number of rotatable bonds is 5. The highest BCUT2D eigenvalue weighted by Gasteiger charge is 2.33. The van der Waals surface area contributed by atoms with Gasteiger partial charge in [-0.1, -0.05) is 6.92 Å². The van der Waals surface area contributed by atoms with Crippen LogP contribution in [-0.2, 0) is 20.7 Å². The zero-order valence-electron chi connectivity index (χ0n) is 12.5. The Kier molecular flexibility index (Phi) is 5.22. The SMILES string of the molecule is CCOC(=O)c1cc(CC)sc1N=CC1C(=O)NC(=O)NC1=O. The summed E-state index contributed by atoms with van der Waals surface area (Å²) in [5.41, 5.74) is 0.289. The molecule has 8 nitrogen and oxygen atoms in total. The van der Waals surface area contributed by atoms with E-state index in [-0.39, 0.29) is 12.2 Å². The first-order chi connectivity index (χ1) is 11.0. The second-order valence-corrected chi connectivity index (χ2v) is 5.68. The van der Waals surface area contributed by atoms with Crippen LogP contribution < -0.4 is 10.6 Å². The molecule has 0 radical (unpaired) electrons. The van der Waals surface area contributed by atoms with Gasteiger partial charge in [-0.25, -0.2) is 14.6 Å². The molecule has 1 fully saturated rings. The van der Waals surface area contributed by atoms with Crippen LogP contribution in [0.1, 0.15) is 29.1 Å². The van der Waals surface area contributed by atoms with Gasteiger partial charge in [0, 0.05) is 11.1 Å². The zero-order chi connectivity index (χ0) is 17.0. The molecule has 0 saturated carbocycles. The zero-order valence-corrected chi connectivity index (χ0v) is 13.4. The van der Waals surface area contributed by atoms with Crippen LogP contribution in [0.3, 0.4) is 0 Å². The molecule has 1 aliphatic rings. The van der Waals surface area contributed by atoms with Crippen molar-refractivity contribution in [1.29, 1.82) is 0 Å². The fraction of sp³-hybridized carbons (Fsp3) is 0.357. The Balaban J connectivity index is 2.26. The predicted molar refractivity (Wildman–Crippen MR) is 83.0 cm³/mol. The maximum absolute atomic E-state index is 11.9. The number of thiophene rings is 1. The van der Waals surface area contributed by atoms with Crippen LogP contribution in [0.2, 0.25) is 0 Å². The Morgan fingerprint density at radius 1 is 1.30 bits per heavy atom. The number of aliphatic imine (C=N–C) groups is 1. The van der Waals surface area contributed by atoms with Gasteiger partial charge in [0.1, 0.15) is 5.00 Å². The molecule has 0 atom stereocenters. The Hall–Kier alpha value is -2.55. The lowest BCUT2D eigenvalue weighted by Gasteiger charge is -2.16. The van der Waals surface area contributed by atoms with Crippen LogP contribution in [0, 0.1) is 5.92 Å². The number of carbonyl (C=O) groups is 4. The van der Waals surface area contributed by atoms with Gasteiger partial charge in [-0.05, 0) is 19.4 Å². The first-order valence-electron chi connectivity index (χ1n) is 6.96. The molecule has 1 aromatic heterocycles. The van der Waals surface area contributed by atoms with Crippen molar-refractivity contribution in [3.05, 3.63) is 16.5 Å². The van der Waals surface area contributed by atoms with Gasteiger partial charge < -0.3 is 4.74 Å². The number of esters is 1. The predicted octanol–water partition coefficient (Wildman–Crippen LogP) is 1.17. The molecule has 122 valence electrons. The molecule has 1 aromatic rings. The number of amides is 4. The molecule has 0 bridgehead atoms. The largest absolute Gasteiger partial charge is 0.462 e. The van der Waals surface area contributed by atoms with Crippen LogP contribution >= 0.6 is 11.3 Å². The van der Waals surface area contributed by atoms with Gasteiger partial charge in [0.15, 0.2) is 5.92 Å². The van der Waals surface area contributed by atoms with Crippen LogP contribution in [0.4, 0.5) is 9.80 Å². The lowest BCUT2D eigenvalue weighted by molar-refractivity contribution is -0.132. The Bertz CT molecular complexity index is 675. The summed E-state index contributed by atoms with van der Waals surface area (Å²) in [4.78, 5) is 51.2. The van der Waals surface area contributed by atoms with Crippen molar-refractivity contribution >= 4 is 46.4 Å². The van der Waals surface area contributed by atoms with Gasteiger partial charge in [-0.2, -0.15) is 0 Å². The molecule has 0 unspecified atom stereocenters. The minimum Gasteiger partial charge on any atom is -0.462 e. The number of hydrogen-bond acceptors (Lipinski definition) is 7. The summed E-state index contributed by atoms with van der Waals surface area (Å²) in [6, 6.07) is 0.820. The summed E-state index contributed by atoms with van der Waals surface area (Å²) in [7, 11) is 0. The highest BCUT2D eigenvalue weighted by molar-refractivity contribution is 7.16. The number of nitrogens with one attached hydrogen (secondary N) is 2. The van der Waals surface area contributed by atoms with E-state index >= 15 is 0 Å². The molecule has 0 spiro atoms. The number of ether oxygens (including phenoxy) is 1. The van der Waals surface area contributed by atoms with Crippen molar-refractivity contribution in [3.8, 4) is 0 Å². The van der Waals surface area contributed by atoms with E-state index in [4.69, 9.17) is 4.74 Å². The molecule has 23 heavy (non-hydrogen) atoms. The van der Waals surface area contributed by atoms with E-state index in [0.717, 1.165) is 11.1 Å². The van der Waals surface area contributed by atoms with Gasteiger partial charge in [0.25, 0.3) is 0 Å². The summed E-state index contributed by atoms with van der Waals surface area (Å²) in [5, 5.41) is 4.32. The van der Waals surface area contributed by atoms with E-state index in [2.05, 4.69) is 4.99 Å². The lowest BCUT2D eigenvalue weighted by atomic mass is 10.1. The minimum atomic E-state index is -1.23. The second-order valence-electron chi connectivity index (χ2n) is 4.57. The fourth-order valence-corrected chi connectivity index (χ4v) is 2.80. The second kappa shape index (κ2) is 7.14. The van der Waals surface area contributed by atoms with Crippen molar-refractivity contribution in [2.45, 2.75) is 20.3 Å². The molecule has 1 aliphatic heterocycles. The van der Waals surface area contributed by atoms with E-state index in [9.17, 15) is 19.2 Å². The molecule has 4 amide bonds. The first-order valence-corrected chi connectivity index (χ1v) is 7.77. The average Bonchev–Trinajstić information content (AvgIpc) is 2.90. The number of aryl methyl sites for hydroxylation is 1. The third kappa shape index (κ3) is 3.81. The number of hydrogen-bond donors (Lipinski definition) is 2. The van der Waals surface area contributed by atoms with Crippen LogP contribution in [0.15, 0.2) is 11.1 Å². The van der Waals surface area contributed by atoms with Crippen LogP contribution in [0.5, 0.6) is 0 Å². The van der Waals surface area contributed by atoms with E-state index in [1.165, 1.54) is 11.3 Å². The van der Waals surface area contributed by atoms with E-state index in [1.54, 1.807) is 13.0 Å². The number of carbonyl (C=O) groups excluding carboxylic acids is 4. The number of nitrogens with zero attached hydrogens (tertiary/aromatic N) is 1. The van der Waals surface area contributed by atoms with Gasteiger partial charge in [-0.3, -0.25) is 20.2 Å². The molecular formula is C14H15N3O5S. The molecule has 2 N–H and O–H groups in total. The summed E-state index contributed by atoms with van der Waals surface area (Å²) < 4.78 is 4.97. The van der Waals surface area contributed by atoms with Crippen LogP contribution in [0.25, 0.3) is 0 Å². The Morgan fingerprint density at radius 3 is 2.52 bits per heavy atom. The standard InChI is InChI=1S/C14H15N3O5S/c1-3-7-5-8(13(20)22-4-2)12(23-7)15-6-9-10(18)16-14(21)17-11(9)19/h5-6,9H,3-4H2,1-2H3,(H2,16,17,18,19,21). The quantitative estimate of drug-likeness (QED) is 0.475. The average molecular weight is 337 g/mol. The fourth-order valence-electron chi connectivity index (χ4n) is 1.86. The van der Waals surface area contributed by atoms with E-state index in [0.29, 0.717) is 11.4 Å². The normalized spacial score (nSPS) is 15.7. The third-order valence-corrected chi connectivity index (χ3v) is 4.17. The highest BCUT2D eigenvalue weighted by atomic mass is 32.1. The van der Waals surface area contributed by atoms with Crippen molar-refractivity contribution in [3.63, 3.8) is 0 Å². The van der Waals surface area contributed by atoms with Crippen molar-refractivity contribution in [1.82, 2.24) is 10.6 Å².